The van der Waals surface area contributed by atoms with E-state index in [0.29, 0.717) is 11.9 Å². The number of hydrogen-bond acceptors (Lipinski definition) is 3. The Balaban J connectivity index is 2.12. The molecule has 1 aromatic rings. The van der Waals surface area contributed by atoms with E-state index in [-0.39, 0.29) is 0 Å². The van der Waals surface area contributed by atoms with E-state index in [0.717, 1.165) is 17.0 Å². The second-order valence-electron chi connectivity index (χ2n) is 4.38. The van der Waals surface area contributed by atoms with Crippen LogP contribution in [0.2, 0.25) is 0 Å². The molecule has 1 fully saturated rings. The van der Waals surface area contributed by atoms with E-state index in [2.05, 4.69) is 30.8 Å². The molecule has 3 nitrogen and oxygen atoms in total. The Hall–Kier alpha value is -0.350. The molecule has 2 rings (SSSR count). The molecule has 0 bridgehead atoms. The molecule has 17 heavy (non-hydrogen) atoms. The number of anilines is 1. The van der Waals surface area contributed by atoms with Gasteiger partial charge in [-0.05, 0) is 28.8 Å². The van der Waals surface area contributed by atoms with Gasteiger partial charge in [-0.15, -0.1) is 11.6 Å². The molecule has 0 radical (unpaired) electrons. The molecule has 94 valence electrons. The largest absolute Gasteiger partial charge is 0.337 e. The van der Waals surface area contributed by atoms with E-state index in [1.54, 1.807) is 12.4 Å². The number of hydrogen-bond donors (Lipinski definition) is 0. The fourth-order valence-corrected chi connectivity index (χ4v) is 2.77. The summed E-state index contributed by atoms with van der Waals surface area (Å²) < 4.78 is 0.913. The minimum Gasteiger partial charge on any atom is -0.337 e. The number of nitrogens with zero attached hydrogens (tertiary/aromatic N) is 3. The molecule has 1 aliphatic rings. The zero-order valence-electron chi connectivity index (χ0n) is 9.78. The van der Waals surface area contributed by atoms with Gasteiger partial charge in [-0.2, -0.15) is 0 Å². The Bertz CT molecular complexity index is 338. The lowest BCUT2D eigenvalue weighted by atomic mass is 9.94. The lowest BCUT2D eigenvalue weighted by molar-refractivity contribution is 0.414. The molecular weight excluding hydrogens is 302 g/mol. The van der Waals surface area contributed by atoms with Crippen LogP contribution in [-0.2, 0) is 0 Å². The van der Waals surface area contributed by atoms with Crippen LogP contribution in [0.5, 0.6) is 0 Å². The summed E-state index contributed by atoms with van der Waals surface area (Å²) >= 11 is 9.25. The second kappa shape index (κ2) is 6.55. The molecule has 0 unspecified atom stereocenters. The molecule has 0 aliphatic heterocycles. The molecule has 0 spiro atoms. The highest BCUT2D eigenvalue weighted by molar-refractivity contribution is 9.10. The highest BCUT2D eigenvalue weighted by atomic mass is 79.9. The fourth-order valence-electron chi connectivity index (χ4n) is 2.38. The maximum atomic E-state index is 5.89. The quantitative estimate of drug-likeness (QED) is 0.794. The maximum absolute atomic E-state index is 5.89. The van der Waals surface area contributed by atoms with Crippen molar-refractivity contribution in [3.63, 3.8) is 0 Å². The van der Waals surface area contributed by atoms with Crippen molar-refractivity contribution in [2.45, 2.75) is 38.1 Å². The van der Waals surface area contributed by atoms with Crippen molar-refractivity contribution in [1.29, 1.82) is 0 Å². The van der Waals surface area contributed by atoms with Gasteiger partial charge in [0.1, 0.15) is 0 Å². The summed E-state index contributed by atoms with van der Waals surface area (Å²) in [6, 6.07) is 0.559. The Morgan fingerprint density at radius 3 is 2.47 bits per heavy atom. The van der Waals surface area contributed by atoms with Gasteiger partial charge in [0.25, 0.3) is 0 Å². The van der Waals surface area contributed by atoms with Gasteiger partial charge in [0.2, 0.25) is 5.95 Å². The minimum absolute atomic E-state index is 0.559. The number of rotatable bonds is 4. The summed E-state index contributed by atoms with van der Waals surface area (Å²) in [5.74, 6) is 1.43. The Morgan fingerprint density at radius 2 is 1.88 bits per heavy atom. The predicted octanol–water partition coefficient (Wildman–Crippen LogP) is 3.62. The van der Waals surface area contributed by atoms with E-state index in [1.165, 1.54) is 32.1 Å². The van der Waals surface area contributed by atoms with Crippen LogP contribution in [0, 0.1) is 0 Å². The van der Waals surface area contributed by atoms with E-state index < -0.39 is 0 Å². The van der Waals surface area contributed by atoms with Gasteiger partial charge in [0.15, 0.2) is 0 Å². The standard InChI is InChI=1S/C12H17BrClN3/c13-10-8-15-12(16-9-10)17(7-6-14)11-4-2-1-3-5-11/h8-9,11H,1-7H2. The van der Waals surface area contributed by atoms with Gasteiger partial charge in [-0.3, -0.25) is 0 Å². The molecule has 0 N–H and O–H groups in total. The van der Waals surface area contributed by atoms with Crippen molar-refractivity contribution < 1.29 is 0 Å². The third-order valence-corrected chi connectivity index (χ3v) is 3.78. The third-order valence-electron chi connectivity index (χ3n) is 3.20. The molecular formula is C12H17BrClN3. The van der Waals surface area contributed by atoms with Crippen LogP contribution in [0.4, 0.5) is 5.95 Å². The molecule has 0 aromatic carbocycles. The average Bonchev–Trinajstić information content (AvgIpc) is 2.38. The van der Waals surface area contributed by atoms with Crippen molar-refractivity contribution in [2.75, 3.05) is 17.3 Å². The van der Waals surface area contributed by atoms with Gasteiger partial charge < -0.3 is 4.90 Å². The average molecular weight is 319 g/mol. The SMILES string of the molecule is ClCCN(c1ncc(Br)cn1)C1CCCCC1. The molecule has 0 atom stereocenters. The number of alkyl halides is 1. The molecule has 1 saturated carbocycles. The van der Waals surface area contributed by atoms with Crippen molar-refractivity contribution in [3.8, 4) is 0 Å². The first-order valence-corrected chi connectivity index (χ1v) is 7.44. The zero-order chi connectivity index (χ0) is 12.1. The molecule has 1 aromatic heterocycles. The fraction of sp³-hybridized carbons (Fsp3) is 0.667. The monoisotopic (exact) mass is 317 g/mol. The number of halogens is 2. The Morgan fingerprint density at radius 1 is 1.24 bits per heavy atom. The Kier molecular flexibility index (Phi) is 5.04. The lowest BCUT2D eigenvalue weighted by Gasteiger charge is -2.33. The van der Waals surface area contributed by atoms with E-state index in [1.807, 2.05) is 0 Å². The summed E-state index contributed by atoms with van der Waals surface area (Å²) in [5.41, 5.74) is 0. The highest BCUT2D eigenvalue weighted by Gasteiger charge is 2.22. The molecule has 5 heteroatoms. The second-order valence-corrected chi connectivity index (χ2v) is 5.67. The summed E-state index contributed by atoms with van der Waals surface area (Å²) in [6.45, 7) is 0.827. The van der Waals surface area contributed by atoms with Gasteiger partial charge >= 0.3 is 0 Å². The van der Waals surface area contributed by atoms with Crippen LogP contribution in [0.15, 0.2) is 16.9 Å². The predicted molar refractivity (Wildman–Crippen MR) is 74.7 cm³/mol. The minimum atomic E-state index is 0.559. The van der Waals surface area contributed by atoms with Crippen molar-refractivity contribution >= 4 is 33.5 Å². The third kappa shape index (κ3) is 3.55. The molecule has 1 aliphatic carbocycles. The summed E-state index contributed by atoms with van der Waals surface area (Å²) in [5, 5.41) is 0. The summed E-state index contributed by atoms with van der Waals surface area (Å²) in [6.07, 6.45) is 10.0. The van der Waals surface area contributed by atoms with Crippen molar-refractivity contribution in [1.82, 2.24) is 9.97 Å². The molecule has 0 amide bonds. The first-order valence-electron chi connectivity index (χ1n) is 6.11. The van der Waals surface area contributed by atoms with E-state index in [9.17, 15) is 0 Å². The van der Waals surface area contributed by atoms with Gasteiger partial charge in [-0.25, -0.2) is 9.97 Å². The maximum Gasteiger partial charge on any atom is 0.225 e. The Labute approximate surface area is 116 Å². The van der Waals surface area contributed by atoms with Crippen molar-refractivity contribution in [3.05, 3.63) is 16.9 Å². The van der Waals surface area contributed by atoms with Crippen LogP contribution >= 0.6 is 27.5 Å². The van der Waals surface area contributed by atoms with E-state index in [4.69, 9.17) is 11.6 Å². The molecule has 0 saturated heterocycles. The highest BCUT2D eigenvalue weighted by Crippen LogP contribution is 2.25. The van der Waals surface area contributed by atoms with Crippen molar-refractivity contribution in [2.24, 2.45) is 0 Å². The normalized spacial score (nSPS) is 17.1. The van der Waals surface area contributed by atoms with E-state index >= 15 is 0 Å². The van der Waals surface area contributed by atoms with Crippen LogP contribution in [0.3, 0.4) is 0 Å². The van der Waals surface area contributed by atoms with Gasteiger partial charge in [0, 0.05) is 30.9 Å². The molecule has 1 heterocycles. The first kappa shape index (κ1) is 13.1. The topological polar surface area (TPSA) is 29.0 Å². The van der Waals surface area contributed by atoms with Crippen LogP contribution in [0.1, 0.15) is 32.1 Å². The van der Waals surface area contributed by atoms with Crippen LogP contribution in [-0.4, -0.2) is 28.4 Å². The zero-order valence-corrected chi connectivity index (χ0v) is 12.1. The van der Waals surface area contributed by atoms with Crippen LogP contribution < -0.4 is 4.90 Å². The number of aromatic nitrogens is 2. The van der Waals surface area contributed by atoms with Gasteiger partial charge in [0.05, 0.1) is 4.47 Å². The summed E-state index contributed by atoms with van der Waals surface area (Å²) in [7, 11) is 0. The first-order chi connectivity index (χ1) is 8.31. The van der Waals surface area contributed by atoms with Crippen LogP contribution in [0.25, 0.3) is 0 Å². The smallest absolute Gasteiger partial charge is 0.225 e. The van der Waals surface area contributed by atoms with Gasteiger partial charge in [-0.1, -0.05) is 19.3 Å². The summed E-state index contributed by atoms with van der Waals surface area (Å²) in [4.78, 5) is 11.0. The lowest BCUT2D eigenvalue weighted by Crippen LogP contribution is -2.39.